The summed E-state index contributed by atoms with van der Waals surface area (Å²) >= 11 is 1.13. The number of hydrogen-bond acceptors (Lipinski definition) is 8. The van der Waals surface area contributed by atoms with Crippen LogP contribution in [0.2, 0.25) is 0 Å². The van der Waals surface area contributed by atoms with E-state index in [1.807, 2.05) is 0 Å². The molecule has 0 saturated heterocycles. The van der Waals surface area contributed by atoms with Gasteiger partial charge in [0.15, 0.2) is 16.7 Å². The Bertz CT molecular complexity index is 746. The van der Waals surface area contributed by atoms with Gasteiger partial charge in [0.2, 0.25) is 0 Å². The average Bonchev–Trinajstić information content (AvgIpc) is 3.13. The summed E-state index contributed by atoms with van der Waals surface area (Å²) in [6.45, 7) is 5.27. The lowest BCUT2D eigenvalue weighted by Gasteiger charge is -2.18. The third kappa shape index (κ3) is 4.62. The fourth-order valence-electron chi connectivity index (χ4n) is 1.63. The van der Waals surface area contributed by atoms with Crippen molar-refractivity contribution in [3.8, 4) is 0 Å². The minimum atomic E-state index is -0.633. The smallest absolute Gasteiger partial charge is 0.413 e. The van der Waals surface area contributed by atoms with Crippen LogP contribution in [0.3, 0.4) is 0 Å². The lowest BCUT2D eigenvalue weighted by atomic mass is 10.2. The Labute approximate surface area is 142 Å². The lowest BCUT2D eigenvalue weighted by Crippen LogP contribution is -2.27. The molecule has 2 aromatic heterocycles. The number of ketones is 1. The summed E-state index contributed by atoms with van der Waals surface area (Å²) in [4.78, 5) is 39.6. The number of anilines is 1. The second-order valence-electron chi connectivity index (χ2n) is 5.55. The van der Waals surface area contributed by atoms with Gasteiger partial charge in [0.05, 0.1) is 0 Å². The first kappa shape index (κ1) is 17.6. The number of Topliss-reactive ketones (excluding diaryl/α,β-unsaturated/α-hetero) is 1. The highest BCUT2D eigenvalue weighted by atomic mass is 32.1. The standard InChI is InChI=1S/C14H17N5O4S/c1-14(2,3)23-13(21)18-12-17-8(7-24-12)9(19-22-4)10(20)11-15-5-6-16-11/h5-7H,1-4H3,(H,15,16)(H,17,18,21)/b19-9-. The van der Waals surface area contributed by atoms with Crippen molar-refractivity contribution in [1.29, 1.82) is 0 Å². The summed E-state index contributed by atoms with van der Waals surface area (Å²) < 4.78 is 5.14. The quantitative estimate of drug-likeness (QED) is 0.485. The Kier molecular flexibility index (Phi) is 5.29. The number of hydrogen-bond donors (Lipinski definition) is 2. The topological polar surface area (TPSA) is 119 Å². The Morgan fingerprint density at radius 1 is 1.38 bits per heavy atom. The van der Waals surface area contributed by atoms with E-state index in [0.717, 1.165) is 11.3 Å². The Morgan fingerprint density at radius 3 is 2.71 bits per heavy atom. The largest absolute Gasteiger partial charge is 0.444 e. The summed E-state index contributed by atoms with van der Waals surface area (Å²) in [6, 6.07) is 0. The summed E-state index contributed by atoms with van der Waals surface area (Å²) in [5, 5.41) is 8.06. The molecule has 0 radical (unpaired) electrons. The van der Waals surface area contributed by atoms with Gasteiger partial charge in [-0.3, -0.25) is 10.1 Å². The summed E-state index contributed by atoms with van der Waals surface area (Å²) in [7, 11) is 1.32. The molecule has 0 aliphatic heterocycles. The molecule has 2 rings (SSSR count). The number of amides is 1. The molecule has 0 unspecified atom stereocenters. The summed E-state index contributed by atoms with van der Waals surface area (Å²) in [5.41, 5.74) is -0.391. The summed E-state index contributed by atoms with van der Waals surface area (Å²) in [6.07, 6.45) is 2.34. The van der Waals surface area contributed by atoms with Crippen molar-refractivity contribution in [2.24, 2.45) is 5.16 Å². The molecule has 0 bridgehead atoms. The van der Waals surface area contributed by atoms with Crippen LogP contribution >= 0.6 is 11.3 Å². The van der Waals surface area contributed by atoms with Gasteiger partial charge in [-0.25, -0.2) is 14.8 Å². The number of ether oxygens (including phenoxy) is 1. The van der Waals surface area contributed by atoms with Gasteiger partial charge in [0, 0.05) is 17.8 Å². The lowest BCUT2D eigenvalue weighted by molar-refractivity contribution is 0.0636. The molecule has 2 aromatic rings. The molecule has 0 aliphatic rings. The van der Waals surface area contributed by atoms with Crippen LogP contribution in [0.15, 0.2) is 22.9 Å². The van der Waals surface area contributed by atoms with E-state index in [1.54, 1.807) is 26.2 Å². The maximum atomic E-state index is 12.4. The Balaban J connectivity index is 2.16. The zero-order chi connectivity index (χ0) is 17.7. The Hall–Kier alpha value is -2.75. The molecule has 0 aromatic carbocycles. The Morgan fingerprint density at radius 2 is 2.12 bits per heavy atom. The number of thiazole rings is 1. The van der Waals surface area contributed by atoms with Gasteiger partial charge in [-0.2, -0.15) is 0 Å². The molecule has 0 saturated carbocycles. The van der Waals surface area contributed by atoms with Crippen LogP contribution in [0.5, 0.6) is 0 Å². The van der Waals surface area contributed by atoms with Gasteiger partial charge in [0.25, 0.3) is 5.78 Å². The first-order valence-corrected chi connectivity index (χ1v) is 7.79. The van der Waals surface area contributed by atoms with Crippen LogP contribution in [0, 0.1) is 0 Å². The first-order chi connectivity index (χ1) is 11.3. The van der Waals surface area contributed by atoms with Crippen molar-refractivity contribution in [2.75, 3.05) is 12.4 Å². The number of nitrogens with one attached hydrogen (secondary N) is 2. The number of imidazole rings is 1. The first-order valence-electron chi connectivity index (χ1n) is 6.91. The van der Waals surface area contributed by atoms with Gasteiger partial charge in [-0.15, -0.1) is 11.3 Å². The van der Waals surface area contributed by atoms with E-state index in [1.165, 1.54) is 19.5 Å². The van der Waals surface area contributed by atoms with Crippen molar-refractivity contribution in [3.63, 3.8) is 0 Å². The minimum absolute atomic E-state index is 0.0269. The number of carbonyl (C=O) groups excluding carboxylic acids is 2. The number of nitrogens with zero attached hydrogens (tertiary/aromatic N) is 3. The average molecular weight is 351 g/mol. The molecule has 0 fully saturated rings. The van der Waals surface area contributed by atoms with E-state index in [9.17, 15) is 9.59 Å². The number of aromatic amines is 1. The van der Waals surface area contributed by atoms with E-state index in [-0.39, 0.29) is 22.4 Å². The molecule has 9 nitrogen and oxygen atoms in total. The second-order valence-corrected chi connectivity index (χ2v) is 6.41. The molecular weight excluding hydrogens is 334 g/mol. The molecule has 0 spiro atoms. The van der Waals surface area contributed by atoms with Crippen LogP contribution in [0.4, 0.5) is 9.93 Å². The number of carbonyl (C=O) groups is 2. The van der Waals surface area contributed by atoms with Crippen LogP contribution in [0.25, 0.3) is 0 Å². The van der Waals surface area contributed by atoms with Crippen LogP contribution in [-0.4, -0.2) is 45.3 Å². The van der Waals surface area contributed by atoms with Crippen molar-refractivity contribution in [2.45, 2.75) is 26.4 Å². The highest BCUT2D eigenvalue weighted by Crippen LogP contribution is 2.19. The molecule has 2 N–H and O–H groups in total. The van der Waals surface area contributed by atoms with Crippen molar-refractivity contribution in [1.82, 2.24) is 15.0 Å². The molecular formula is C14H17N5O4S. The van der Waals surface area contributed by atoms with Crippen LogP contribution in [-0.2, 0) is 9.57 Å². The molecule has 0 aliphatic carbocycles. The predicted octanol–water partition coefficient (Wildman–Crippen LogP) is 2.45. The van der Waals surface area contributed by atoms with E-state index in [4.69, 9.17) is 9.57 Å². The number of aromatic nitrogens is 3. The van der Waals surface area contributed by atoms with Crippen molar-refractivity contribution in [3.05, 3.63) is 29.3 Å². The zero-order valence-electron chi connectivity index (χ0n) is 13.6. The van der Waals surface area contributed by atoms with Crippen LogP contribution < -0.4 is 5.32 Å². The van der Waals surface area contributed by atoms with Crippen LogP contribution in [0.1, 0.15) is 37.1 Å². The normalized spacial score (nSPS) is 11.9. The molecule has 0 atom stereocenters. The van der Waals surface area contributed by atoms with E-state index in [2.05, 4.69) is 25.4 Å². The predicted molar refractivity (Wildman–Crippen MR) is 88.4 cm³/mol. The third-order valence-corrected chi connectivity index (χ3v) is 3.22. The number of H-pyrrole nitrogens is 1. The molecule has 128 valence electrons. The van der Waals surface area contributed by atoms with Gasteiger partial charge < -0.3 is 14.6 Å². The van der Waals surface area contributed by atoms with E-state index in [0.29, 0.717) is 0 Å². The number of rotatable bonds is 5. The number of oxime groups is 1. The fourth-order valence-corrected chi connectivity index (χ4v) is 2.31. The van der Waals surface area contributed by atoms with Gasteiger partial charge in [0.1, 0.15) is 18.4 Å². The molecule has 2 heterocycles. The SMILES string of the molecule is CO/N=C(\C(=O)c1ncc[nH]1)c1csc(NC(=O)OC(C)(C)C)n1. The second kappa shape index (κ2) is 7.21. The maximum absolute atomic E-state index is 12.4. The minimum Gasteiger partial charge on any atom is -0.444 e. The third-order valence-electron chi connectivity index (χ3n) is 2.47. The molecule has 10 heteroatoms. The van der Waals surface area contributed by atoms with Crippen molar-refractivity contribution >= 4 is 34.1 Å². The highest BCUT2D eigenvalue weighted by molar-refractivity contribution is 7.14. The molecule has 1 amide bonds. The maximum Gasteiger partial charge on any atom is 0.413 e. The summed E-state index contributed by atoms with van der Waals surface area (Å²) in [5.74, 6) is -0.364. The zero-order valence-corrected chi connectivity index (χ0v) is 14.4. The monoisotopic (exact) mass is 351 g/mol. The van der Waals surface area contributed by atoms with Crippen molar-refractivity contribution < 1.29 is 19.2 Å². The molecule has 24 heavy (non-hydrogen) atoms. The fraction of sp³-hybridized carbons (Fsp3) is 0.357. The van der Waals surface area contributed by atoms with Gasteiger partial charge >= 0.3 is 6.09 Å². The van der Waals surface area contributed by atoms with E-state index < -0.39 is 17.5 Å². The highest BCUT2D eigenvalue weighted by Gasteiger charge is 2.23. The van der Waals surface area contributed by atoms with E-state index >= 15 is 0 Å². The van der Waals surface area contributed by atoms with Gasteiger partial charge in [-0.1, -0.05) is 5.16 Å². The van der Waals surface area contributed by atoms with Gasteiger partial charge in [-0.05, 0) is 20.8 Å².